The maximum atomic E-state index is 12.4. The molecule has 0 fully saturated rings. The van der Waals surface area contributed by atoms with Crippen molar-refractivity contribution in [3.05, 3.63) is 63.7 Å². The number of nitrogens with one attached hydrogen (secondary N) is 1. The maximum absolute atomic E-state index is 12.4. The summed E-state index contributed by atoms with van der Waals surface area (Å²) in [4.78, 5) is 22.6. The molecule has 0 aliphatic carbocycles. The highest BCUT2D eigenvalue weighted by molar-refractivity contribution is 6.09. The van der Waals surface area contributed by atoms with Crippen molar-refractivity contribution in [2.24, 2.45) is 0 Å². The molecule has 162 valence electrons. The summed E-state index contributed by atoms with van der Waals surface area (Å²) in [7, 11) is 1.53. The number of amides is 1. The van der Waals surface area contributed by atoms with E-state index in [2.05, 4.69) is 12.2 Å². The lowest BCUT2D eigenvalue weighted by atomic mass is 10.1. The summed E-state index contributed by atoms with van der Waals surface area (Å²) in [6, 6.07) is 12.4. The third-order valence-electron chi connectivity index (χ3n) is 4.46. The average Bonchev–Trinajstić information content (AvgIpc) is 2.78. The summed E-state index contributed by atoms with van der Waals surface area (Å²) in [5.41, 5.74) is 0.745. The Labute approximate surface area is 181 Å². The molecule has 0 saturated carbocycles. The number of nitro benzene ring substituents is 1. The Morgan fingerprint density at radius 2 is 1.90 bits per heavy atom. The second-order valence-corrected chi connectivity index (χ2v) is 6.75. The van der Waals surface area contributed by atoms with E-state index in [9.17, 15) is 20.2 Å². The second kappa shape index (κ2) is 12.0. The van der Waals surface area contributed by atoms with Crippen molar-refractivity contribution in [1.82, 2.24) is 0 Å². The molecular formula is C23H25N3O5. The van der Waals surface area contributed by atoms with Crippen LogP contribution in [0.1, 0.15) is 38.2 Å². The monoisotopic (exact) mass is 423 g/mol. The van der Waals surface area contributed by atoms with Crippen molar-refractivity contribution in [2.75, 3.05) is 19.0 Å². The first-order valence-corrected chi connectivity index (χ1v) is 9.97. The van der Waals surface area contributed by atoms with Gasteiger partial charge in [-0.15, -0.1) is 0 Å². The highest BCUT2D eigenvalue weighted by Crippen LogP contribution is 2.29. The molecule has 0 spiro atoms. The highest BCUT2D eigenvalue weighted by atomic mass is 16.6. The largest absolute Gasteiger partial charge is 0.493 e. The van der Waals surface area contributed by atoms with Crippen molar-refractivity contribution in [1.29, 1.82) is 5.26 Å². The van der Waals surface area contributed by atoms with E-state index >= 15 is 0 Å². The number of nitro groups is 1. The SMILES string of the molecule is CCCCCCOc1ccc(/C=C(\C#N)C(=O)Nc2ccc([N+](=O)[O-])cc2)cc1OC. The normalized spacial score (nSPS) is 10.8. The molecule has 0 aliphatic rings. The molecule has 2 rings (SSSR count). The third-order valence-corrected chi connectivity index (χ3v) is 4.46. The number of hydrogen-bond donors (Lipinski definition) is 1. The van der Waals surface area contributed by atoms with Gasteiger partial charge in [-0.1, -0.05) is 32.3 Å². The number of hydrogen-bond acceptors (Lipinski definition) is 6. The number of unbranched alkanes of at least 4 members (excludes halogenated alkanes) is 3. The first-order chi connectivity index (χ1) is 15.0. The van der Waals surface area contributed by atoms with Crippen LogP contribution in [0.25, 0.3) is 6.08 Å². The summed E-state index contributed by atoms with van der Waals surface area (Å²) in [6.07, 6.45) is 5.83. The van der Waals surface area contributed by atoms with Gasteiger partial charge in [0.25, 0.3) is 11.6 Å². The fraction of sp³-hybridized carbons (Fsp3) is 0.304. The zero-order valence-electron chi connectivity index (χ0n) is 17.6. The molecule has 0 aromatic heterocycles. The quantitative estimate of drug-likeness (QED) is 0.177. The molecule has 0 aliphatic heterocycles. The van der Waals surface area contributed by atoms with Crippen molar-refractivity contribution in [2.45, 2.75) is 32.6 Å². The zero-order valence-corrected chi connectivity index (χ0v) is 17.6. The minimum atomic E-state index is -0.619. The Morgan fingerprint density at radius 3 is 2.52 bits per heavy atom. The number of rotatable bonds is 11. The van der Waals surface area contributed by atoms with Gasteiger partial charge in [0, 0.05) is 17.8 Å². The summed E-state index contributed by atoms with van der Waals surface area (Å²) >= 11 is 0. The van der Waals surface area contributed by atoms with Crippen LogP contribution in [0.15, 0.2) is 48.0 Å². The lowest BCUT2D eigenvalue weighted by molar-refractivity contribution is -0.384. The molecule has 2 aromatic carbocycles. The minimum Gasteiger partial charge on any atom is -0.493 e. The average molecular weight is 423 g/mol. The minimum absolute atomic E-state index is 0.0891. The van der Waals surface area contributed by atoms with Gasteiger partial charge in [0.15, 0.2) is 11.5 Å². The van der Waals surface area contributed by atoms with E-state index in [0.717, 1.165) is 19.3 Å². The van der Waals surface area contributed by atoms with Crippen LogP contribution in [0.2, 0.25) is 0 Å². The number of nitrogens with zero attached hydrogens (tertiary/aromatic N) is 2. The van der Waals surface area contributed by atoms with E-state index in [-0.39, 0.29) is 11.3 Å². The van der Waals surface area contributed by atoms with E-state index in [1.165, 1.54) is 43.9 Å². The number of benzene rings is 2. The molecule has 0 radical (unpaired) electrons. The molecule has 8 nitrogen and oxygen atoms in total. The highest BCUT2D eigenvalue weighted by Gasteiger charge is 2.12. The van der Waals surface area contributed by atoms with Gasteiger partial charge in [-0.05, 0) is 42.3 Å². The Morgan fingerprint density at radius 1 is 1.16 bits per heavy atom. The molecule has 1 N–H and O–H groups in total. The van der Waals surface area contributed by atoms with E-state index in [4.69, 9.17) is 9.47 Å². The van der Waals surface area contributed by atoms with Crippen LogP contribution in [-0.4, -0.2) is 24.5 Å². The number of non-ortho nitro benzene ring substituents is 1. The van der Waals surface area contributed by atoms with E-state index < -0.39 is 10.8 Å². The predicted molar refractivity (Wildman–Crippen MR) is 118 cm³/mol. The Balaban J connectivity index is 2.09. The summed E-state index contributed by atoms with van der Waals surface area (Å²) in [5.74, 6) is 0.494. The van der Waals surface area contributed by atoms with Crippen LogP contribution in [0.4, 0.5) is 11.4 Å². The van der Waals surface area contributed by atoms with Crippen LogP contribution in [0.5, 0.6) is 11.5 Å². The van der Waals surface area contributed by atoms with Crippen LogP contribution in [0, 0.1) is 21.4 Å². The zero-order chi connectivity index (χ0) is 22.6. The fourth-order valence-electron chi connectivity index (χ4n) is 2.78. The lowest BCUT2D eigenvalue weighted by Gasteiger charge is -2.11. The Bertz CT molecular complexity index is 978. The number of carbonyl (C=O) groups excluding carboxylic acids is 1. The molecular weight excluding hydrogens is 398 g/mol. The second-order valence-electron chi connectivity index (χ2n) is 6.75. The Kier molecular flexibility index (Phi) is 9.05. The molecule has 0 saturated heterocycles. The number of ether oxygens (including phenoxy) is 2. The molecule has 0 unspecified atom stereocenters. The number of anilines is 1. The summed E-state index contributed by atoms with van der Waals surface area (Å²) in [5, 5.41) is 22.7. The van der Waals surface area contributed by atoms with Gasteiger partial charge in [-0.3, -0.25) is 14.9 Å². The molecule has 0 heterocycles. The van der Waals surface area contributed by atoms with E-state index in [1.807, 2.05) is 6.07 Å². The van der Waals surface area contributed by atoms with E-state index in [0.29, 0.717) is 29.4 Å². The van der Waals surface area contributed by atoms with Crippen molar-refractivity contribution >= 4 is 23.4 Å². The third kappa shape index (κ3) is 7.16. The van der Waals surface area contributed by atoms with E-state index in [1.54, 1.807) is 18.2 Å². The van der Waals surface area contributed by atoms with Crippen LogP contribution >= 0.6 is 0 Å². The van der Waals surface area contributed by atoms with Crippen molar-refractivity contribution < 1.29 is 19.2 Å². The van der Waals surface area contributed by atoms with Gasteiger partial charge in [-0.25, -0.2) is 0 Å². The van der Waals surface area contributed by atoms with Gasteiger partial charge in [0.05, 0.1) is 18.6 Å². The Hall–Kier alpha value is -3.86. The number of carbonyl (C=O) groups is 1. The molecule has 1 amide bonds. The summed E-state index contributed by atoms with van der Waals surface area (Å²) < 4.78 is 11.1. The van der Waals surface area contributed by atoms with Crippen LogP contribution in [-0.2, 0) is 4.79 Å². The van der Waals surface area contributed by atoms with Crippen molar-refractivity contribution in [3.63, 3.8) is 0 Å². The number of methoxy groups -OCH3 is 1. The fourth-order valence-corrected chi connectivity index (χ4v) is 2.78. The molecule has 31 heavy (non-hydrogen) atoms. The standard InChI is InChI=1S/C23H25N3O5/c1-3-4-5-6-13-31-21-12-7-17(15-22(21)30-2)14-18(16-24)23(27)25-19-8-10-20(11-9-19)26(28)29/h7-12,14-15H,3-6,13H2,1-2H3,(H,25,27)/b18-14+. The maximum Gasteiger partial charge on any atom is 0.269 e. The van der Waals surface area contributed by atoms with Crippen LogP contribution in [0.3, 0.4) is 0 Å². The van der Waals surface area contributed by atoms with Crippen molar-refractivity contribution in [3.8, 4) is 17.6 Å². The summed E-state index contributed by atoms with van der Waals surface area (Å²) in [6.45, 7) is 2.74. The number of nitriles is 1. The smallest absolute Gasteiger partial charge is 0.269 e. The topological polar surface area (TPSA) is 114 Å². The van der Waals surface area contributed by atoms with Gasteiger partial charge in [0.2, 0.25) is 0 Å². The first-order valence-electron chi connectivity index (χ1n) is 9.97. The predicted octanol–water partition coefficient (Wildman–Crippen LogP) is 5.11. The first kappa shape index (κ1) is 23.4. The molecule has 0 atom stereocenters. The van der Waals surface area contributed by atoms with Gasteiger partial charge >= 0.3 is 0 Å². The molecule has 8 heteroatoms. The lowest BCUT2D eigenvalue weighted by Crippen LogP contribution is -2.13. The van der Waals surface area contributed by atoms with Gasteiger partial charge < -0.3 is 14.8 Å². The van der Waals surface area contributed by atoms with Gasteiger partial charge in [0.1, 0.15) is 11.6 Å². The molecule has 0 bridgehead atoms. The molecule has 2 aromatic rings. The van der Waals surface area contributed by atoms with Gasteiger partial charge in [-0.2, -0.15) is 5.26 Å². The van der Waals surface area contributed by atoms with Crippen LogP contribution < -0.4 is 14.8 Å².